The van der Waals surface area contributed by atoms with Gasteiger partial charge in [-0.15, -0.1) is 23.5 Å². The summed E-state index contributed by atoms with van der Waals surface area (Å²) >= 11 is 3.85. The quantitative estimate of drug-likeness (QED) is 0.627. The highest BCUT2D eigenvalue weighted by Gasteiger charge is 2.50. The third-order valence-electron chi connectivity index (χ3n) is 5.69. The van der Waals surface area contributed by atoms with E-state index >= 15 is 0 Å². The smallest absolute Gasteiger partial charge is 0.281 e. The lowest BCUT2D eigenvalue weighted by Crippen LogP contribution is -2.45. The normalized spacial score (nSPS) is 27.7. The summed E-state index contributed by atoms with van der Waals surface area (Å²) in [5, 5.41) is 0. The molecular weight excluding hydrogens is 430 g/mol. The van der Waals surface area contributed by atoms with Crippen molar-refractivity contribution in [2.45, 2.75) is 35.6 Å². The summed E-state index contributed by atoms with van der Waals surface area (Å²) in [6.45, 7) is 2.30. The van der Waals surface area contributed by atoms with E-state index in [4.69, 9.17) is 14.2 Å². The van der Waals surface area contributed by atoms with Crippen LogP contribution >= 0.6 is 23.5 Å². The number of hydrogen-bond acceptors (Lipinski definition) is 6. The van der Waals surface area contributed by atoms with Gasteiger partial charge in [-0.2, -0.15) is 0 Å². The van der Waals surface area contributed by atoms with Gasteiger partial charge in [0.25, 0.3) is 11.9 Å². The van der Waals surface area contributed by atoms with Crippen LogP contribution in [0.25, 0.3) is 0 Å². The average Bonchev–Trinajstić information content (AvgIpc) is 3.18. The Morgan fingerprint density at radius 2 is 1.68 bits per heavy atom. The molecule has 0 radical (unpaired) electrons. The Balaban J connectivity index is 1.58. The fourth-order valence-corrected chi connectivity index (χ4v) is 7.43. The Bertz CT molecular complexity index is 876. The summed E-state index contributed by atoms with van der Waals surface area (Å²) < 4.78 is 17.3. The van der Waals surface area contributed by atoms with Gasteiger partial charge in [-0.05, 0) is 29.1 Å². The standard InChI is InChI=1S/C24H29NO4S2/c1-23(27-3)28-20(18-11-6-4-7-12-18)21(29-23)22(26)25(2)17-24(30-15-10-16-31-24)19-13-8-5-9-14-19/h4-9,11-14,20-21H,10,15-17H2,1-3H3/t20-,21+,23?/m0/s1. The van der Waals surface area contributed by atoms with Crippen LogP contribution in [0.4, 0.5) is 0 Å². The average molecular weight is 460 g/mol. The fourth-order valence-electron chi connectivity index (χ4n) is 4.00. The van der Waals surface area contributed by atoms with Crippen LogP contribution < -0.4 is 0 Å². The summed E-state index contributed by atoms with van der Waals surface area (Å²) in [5.74, 6) is 0.812. The van der Waals surface area contributed by atoms with Crippen molar-refractivity contribution in [3.8, 4) is 0 Å². The van der Waals surface area contributed by atoms with Crippen LogP contribution in [-0.2, 0) is 23.1 Å². The molecule has 2 aliphatic heterocycles. The van der Waals surface area contributed by atoms with Gasteiger partial charge in [-0.1, -0.05) is 60.7 Å². The number of rotatable bonds is 6. The first-order valence-corrected chi connectivity index (χ1v) is 12.5. The van der Waals surface area contributed by atoms with Crippen molar-refractivity contribution in [1.29, 1.82) is 0 Å². The van der Waals surface area contributed by atoms with Gasteiger partial charge in [0.15, 0.2) is 6.10 Å². The number of thioether (sulfide) groups is 2. The van der Waals surface area contributed by atoms with E-state index in [1.165, 1.54) is 19.1 Å². The molecule has 31 heavy (non-hydrogen) atoms. The summed E-state index contributed by atoms with van der Waals surface area (Å²) in [5.41, 5.74) is 2.14. The first-order valence-electron chi connectivity index (χ1n) is 10.5. The van der Waals surface area contributed by atoms with Crippen molar-refractivity contribution in [2.75, 3.05) is 32.2 Å². The van der Waals surface area contributed by atoms with Crippen LogP contribution in [0.3, 0.4) is 0 Å². The second-order valence-electron chi connectivity index (χ2n) is 7.92. The molecule has 2 aliphatic rings. The van der Waals surface area contributed by atoms with Crippen molar-refractivity contribution in [3.05, 3.63) is 71.8 Å². The van der Waals surface area contributed by atoms with E-state index in [1.54, 1.807) is 11.8 Å². The molecule has 1 amide bonds. The minimum absolute atomic E-state index is 0.100. The number of nitrogens with zero attached hydrogens (tertiary/aromatic N) is 1. The number of ether oxygens (including phenoxy) is 3. The second kappa shape index (κ2) is 9.55. The van der Waals surface area contributed by atoms with E-state index in [9.17, 15) is 4.79 Å². The minimum atomic E-state index is -1.26. The van der Waals surface area contributed by atoms with E-state index in [0.29, 0.717) is 6.54 Å². The maximum atomic E-state index is 13.6. The third-order valence-corrected chi connectivity index (χ3v) is 9.05. The van der Waals surface area contributed by atoms with Gasteiger partial charge in [-0.3, -0.25) is 4.79 Å². The highest BCUT2D eigenvalue weighted by Crippen LogP contribution is 2.51. The monoisotopic (exact) mass is 459 g/mol. The Labute approximate surface area is 192 Å². The molecule has 1 unspecified atom stereocenters. The largest absolute Gasteiger partial charge is 0.341 e. The molecule has 166 valence electrons. The topological polar surface area (TPSA) is 48.0 Å². The molecule has 0 aliphatic carbocycles. The third kappa shape index (κ3) is 4.81. The zero-order chi connectivity index (χ0) is 21.9. The van der Waals surface area contributed by atoms with Crippen LogP contribution in [0.5, 0.6) is 0 Å². The van der Waals surface area contributed by atoms with Gasteiger partial charge in [-0.25, -0.2) is 0 Å². The summed E-state index contributed by atoms with van der Waals surface area (Å²) in [4.78, 5) is 15.4. The molecular formula is C24H29NO4S2. The molecule has 0 saturated carbocycles. The molecule has 0 bridgehead atoms. The predicted octanol–water partition coefficient (Wildman–Crippen LogP) is 4.64. The maximum Gasteiger partial charge on any atom is 0.281 e. The van der Waals surface area contributed by atoms with E-state index < -0.39 is 18.2 Å². The van der Waals surface area contributed by atoms with E-state index in [2.05, 4.69) is 24.3 Å². The highest BCUT2D eigenvalue weighted by molar-refractivity contribution is 8.18. The van der Waals surface area contributed by atoms with E-state index in [-0.39, 0.29) is 9.99 Å². The molecule has 2 aromatic rings. The lowest BCUT2D eigenvalue weighted by Gasteiger charge is -2.40. The first-order chi connectivity index (χ1) is 15.0. The Morgan fingerprint density at radius 1 is 1.06 bits per heavy atom. The van der Waals surface area contributed by atoms with Crippen molar-refractivity contribution in [3.63, 3.8) is 0 Å². The molecule has 3 atom stereocenters. The number of benzene rings is 2. The lowest BCUT2D eigenvalue weighted by molar-refractivity contribution is -0.318. The van der Waals surface area contributed by atoms with Crippen molar-refractivity contribution >= 4 is 29.4 Å². The van der Waals surface area contributed by atoms with Gasteiger partial charge < -0.3 is 19.1 Å². The maximum absolute atomic E-state index is 13.6. The zero-order valence-electron chi connectivity index (χ0n) is 18.2. The van der Waals surface area contributed by atoms with Gasteiger partial charge in [0.1, 0.15) is 10.2 Å². The fraction of sp³-hybridized carbons (Fsp3) is 0.458. The van der Waals surface area contributed by atoms with Gasteiger partial charge in [0, 0.05) is 27.6 Å². The van der Waals surface area contributed by atoms with Crippen LogP contribution in [0.1, 0.15) is 30.6 Å². The lowest BCUT2D eigenvalue weighted by atomic mass is 10.0. The van der Waals surface area contributed by atoms with Crippen molar-refractivity contribution < 1.29 is 19.0 Å². The molecule has 2 aromatic carbocycles. The Morgan fingerprint density at radius 3 is 2.29 bits per heavy atom. The number of likely N-dealkylation sites (N-methyl/N-ethyl adjacent to an activating group) is 1. The minimum Gasteiger partial charge on any atom is -0.341 e. The molecule has 0 spiro atoms. The molecule has 2 heterocycles. The van der Waals surface area contributed by atoms with Gasteiger partial charge in [0.2, 0.25) is 0 Å². The first kappa shape index (κ1) is 22.7. The molecule has 4 rings (SSSR count). The molecule has 7 heteroatoms. The summed E-state index contributed by atoms with van der Waals surface area (Å²) in [6.07, 6.45) is -0.118. The number of methoxy groups -OCH3 is 1. The number of carbonyl (C=O) groups is 1. The van der Waals surface area contributed by atoms with Crippen molar-refractivity contribution in [1.82, 2.24) is 4.90 Å². The van der Waals surface area contributed by atoms with Crippen LogP contribution in [0, 0.1) is 0 Å². The predicted molar refractivity (Wildman–Crippen MR) is 126 cm³/mol. The van der Waals surface area contributed by atoms with Crippen LogP contribution in [-0.4, -0.2) is 55.1 Å². The van der Waals surface area contributed by atoms with Crippen LogP contribution in [0.2, 0.25) is 0 Å². The Kier molecular flexibility index (Phi) is 6.98. The second-order valence-corrected chi connectivity index (χ2v) is 11.0. The molecule has 0 N–H and O–H groups in total. The molecule has 2 saturated heterocycles. The van der Waals surface area contributed by atoms with Gasteiger partial charge in [0.05, 0.1) is 0 Å². The molecule has 5 nitrogen and oxygen atoms in total. The molecule has 0 aromatic heterocycles. The number of carbonyl (C=O) groups excluding carboxylic acids is 1. The molecule has 2 fully saturated rings. The van der Waals surface area contributed by atoms with Crippen molar-refractivity contribution in [2.24, 2.45) is 0 Å². The highest BCUT2D eigenvalue weighted by atomic mass is 32.2. The van der Waals surface area contributed by atoms with E-state index in [0.717, 1.165) is 17.1 Å². The summed E-state index contributed by atoms with van der Waals surface area (Å²) in [6, 6.07) is 20.2. The zero-order valence-corrected chi connectivity index (χ0v) is 19.8. The Hall–Kier alpha value is -1.51. The van der Waals surface area contributed by atoms with Crippen LogP contribution in [0.15, 0.2) is 60.7 Å². The summed E-state index contributed by atoms with van der Waals surface area (Å²) in [7, 11) is 3.38. The van der Waals surface area contributed by atoms with Gasteiger partial charge >= 0.3 is 0 Å². The SMILES string of the molecule is COC1(C)O[C@@H](C(=O)N(C)CC2(c3ccccc3)SCCCS2)[C@H](c2ccccc2)O1. The number of hydrogen-bond donors (Lipinski definition) is 0. The van der Waals surface area contributed by atoms with E-state index in [1.807, 2.05) is 67.0 Å². The number of amides is 1.